The number of nitriles is 1. The fourth-order valence-corrected chi connectivity index (χ4v) is 2.63. The molecule has 0 spiro atoms. The largest absolute Gasteiger partial charge is 0.341 e. The number of carbonyl (C=O) groups excluding carboxylic acids is 2. The van der Waals surface area contributed by atoms with Crippen molar-refractivity contribution in [2.75, 3.05) is 13.1 Å². The van der Waals surface area contributed by atoms with Gasteiger partial charge in [0, 0.05) is 13.1 Å². The zero-order valence-electron chi connectivity index (χ0n) is 13.1. The van der Waals surface area contributed by atoms with E-state index in [1.54, 1.807) is 24.0 Å². The summed E-state index contributed by atoms with van der Waals surface area (Å²) in [7, 11) is 0. The number of halogens is 1. The Hall–Kier alpha value is -2.48. The van der Waals surface area contributed by atoms with E-state index in [-0.39, 0.29) is 5.82 Å². The summed E-state index contributed by atoms with van der Waals surface area (Å²) in [6.45, 7) is 2.90. The van der Waals surface area contributed by atoms with E-state index < -0.39 is 17.6 Å². The number of rotatable bonds is 4. The van der Waals surface area contributed by atoms with Gasteiger partial charge in [-0.25, -0.2) is 4.39 Å². The van der Waals surface area contributed by atoms with Crippen LogP contribution in [0.5, 0.6) is 0 Å². The van der Waals surface area contributed by atoms with Crippen LogP contribution in [0, 0.1) is 23.1 Å². The molecular weight excluding hydrogens is 295 g/mol. The maximum atomic E-state index is 12.9. The molecule has 0 unspecified atom stereocenters. The molecule has 1 aliphatic heterocycles. The molecule has 0 N–H and O–H groups in total. The van der Waals surface area contributed by atoms with Gasteiger partial charge in [-0.05, 0) is 55.5 Å². The van der Waals surface area contributed by atoms with Gasteiger partial charge in [0.05, 0.1) is 6.07 Å². The molecule has 0 radical (unpaired) electrons. The second-order valence-corrected chi connectivity index (χ2v) is 5.68. The molecule has 5 heteroatoms. The molecule has 1 fully saturated rings. The number of piperidine rings is 1. The van der Waals surface area contributed by atoms with E-state index in [0.29, 0.717) is 24.2 Å². The highest BCUT2D eigenvalue weighted by atomic mass is 19.1. The van der Waals surface area contributed by atoms with Gasteiger partial charge >= 0.3 is 0 Å². The minimum atomic E-state index is -1.30. The Morgan fingerprint density at radius 1 is 1.22 bits per heavy atom. The Kier molecular flexibility index (Phi) is 5.64. The van der Waals surface area contributed by atoms with Crippen LogP contribution in [-0.2, 0) is 9.59 Å². The SMILES string of the molecule is C/C(=C\C(=O)[C@H](C#N)C(=O)N1CCCCC1)c1ccc(F)cc1. The van der Waals surface area contributed by atoms with Gasteiger partial charge in [0.2, 0.25) is 5.91 Å². The molecule has 0 aliphatic carbocycles. The van der Waals surface area contributed by atoms with Crippen LogP contribution in [0.2, 0.25) is 0 Å². The lowest BCUT2D eigenvalue weighted by Gasteiger charge is -2.27. The first-order valence-electron chi connectivity index (χ1n) is 7.69. The molecule has 1 aromatic rings. The lowest BCUT2D eigenvalue weighted by molar-refractivity contribution is -0.138. The van der Waals surface area contributed by atoms with Crippen molar-refractivity contribution in [2.45, 2.75) is 26.2 Å². The van der Waals surface area contributed by atoms with Crippen molar-refractivity contribution in [3.63, 3.8) is 0 Å². The van der Waals surface area contributed by atoms with Crippen LogP contribution in [-0.4, -0.2) is 29.7 Å². The van der Waals surface area contributed by atoms with Gasteiger partial charge < -0.3 is 4.90 Å². The lowest BCUT2D eigenvalue weighted by Crippen LogP contribution is -2.41. The molecule has 23 heavy (non-hydrogen) atoms. The van der Waals surface area contributed by atoms with Gasteiger partial charge in [-0.1, -0.05) is 12.1 Å². The maximum absolute atomic E-state index is 12.9. The fourth-order valence-electron chi connectivity index (χ4n) is 2.63. The van der Waals surface area contributed by atoms with Gasteiger partial charge in [0.15, 0.2) is 11.7 Å². The molecule has 0 bridgehead atoms. The number of nitrogens with zero attached hydrogens (tertiary/aromatic N) is 2. The predicted molar refractivity (Wildman–Crippen MR) is 84.6 cm³/mol. The van der Waals surface area contributed by atoms with Gasteiger partial charge in [-0.3, -0.25) is 9.59 Å². The Morgan fingerprint density at radius 3 is 2.39 bits per heavy atom. The molecule has 1 aliphatic rings. The summed E-state index contributed by atoms with van der Waals surface area (Å²) in [5.41, 5.74) is 1.28. The highest BCUT2D eigenvalue weighted by Crippen LogP contribution is 2.17. The summed E-state index contributed by atoms with van der Waals surface area (Å²) >= 11 is 0. The van der Waals surface area contributed by atoms with E-state index in [1.807, 2.05) is 6.07 Å². The summed E-state index contributed by atoms with van der Waals surface area (Å²) < 4.78 is 12.9. The second-order valence-electron chi connectivity index (χ2n) is 5.68. The van der Waals surface area contributed by atoms with Crippen LogP contribution in [0.25, 0.3) is 5.57 Å². The summed E-state index contributed by atoms with van der Waals surface area (Å²) in [5, 5.41) is 9.22. The quantitative estimate of drug-likeness (QED) is 0.634. The highest BCUT2D eigenvalue weighted by molar-refractivity contribution is 6.11. The topological polar surface area (TPSA) is 61.2 Å². The van der Waals surface area contributed by atoms with Crippen molar-refractivity contribution < 1.29 is 14.0 Å². The third kappa shape index (κ3) is 4.26. The maximum Gasteiger partial charge on any atom is 0.247 e. The van der Waals surface area contributed by atoms with Crippen LogP contribution >= 0.6 is 0 Å². The summed E-state index contributed by atoms with van der Waals surface area (Å²) in [6, 6.07) is 7.54. The molecule has 0 saturated carbocycles. The van der Waals surface area contributed by atoms with E-state index in [1.165, 1.54) is 18.2 Å². The number of ketones is 1. The average molecular weight is 314 g/mol. The first kappa shape index (κ1) is 16.9. The smallest absolute Gasteiger partial charge is 0.247 e. The van der Waals surface area contributed by atoms with Crippen molar-refractivity contribution in [1.82, 2.24) is 4.90 Å². The van der Waals surface area contributed by atoms with Crippen molar-refractivity contribution in [3.8, 4) is 6.07 Å². The minimum absolute atomic E-state index is 0.358. The number of likely N-dealkylation sites (tertiary alicyclic amines) is 1. The third-order valence-corrected chi connectivity index (χ3v) is 3.99. The Balaban J connectivity index is 2.12. The number of allylic oxidation sites excluding steroid dienone is 2. The highest BCUT2D eigenvalue weighted by Gasteiger charge is 2.30. The van der Waals surface area contributed by atoms with Gasteiger partial charge in [-0.2, -0.15) is 5.26 Å². The first-order valence-corrected chi connectivity index (χ1v) is 7.69. The summed E-state index contributed by atoms with van der Waals surface area (Å²) in [5.74, 6) is -2.60. The predicted octanol–water partition coefficient (Wildman–Crippen LogP) is 2.95. The van der Waals surface area contributed by atoms with Gasteiger partial charge in [0.25, 0.3) is 0 Å². The molecule has 1 saturated heterocycles. The zero-order chi connectivity index (χ0) is 16.8. The van der Waals surface area contributed by atoms with E-state index in [9.17, 15) is 19.2 Å². The first-order chi connectivity index (χ1) is 11.0. The van der Waals surface area contributed by atoms with Crippen molar-refractivity contribution in [2.24, 2.45) is 5.92 Å². The molecule has 1 heterocycles. The van der Waals surface area contributed by atoms with Crippen LogP contribution in [0.1, 0.15) is 31.7 Å². The number of benzene rings is 1. The molecular formula is C18H19FN2O2. The summed E-state index contributed by atoms with van der Waals surface area (Å²) in [4.78, 5) is 26.2. The second kappa shape index (κ2) is 7.68. The normalized spacial score (nSPS) is 16.6. The number of amides is 1. The summed E-state index contributed by atoms with van der Waals surface area (Å²) in [6.07, 6.45) is 4.17. The van der Waals surface area contributed by atoms with E-state index in [0.717, 1.165) is 19.3 Å². The molecule has 1 amide bonds. The number of carbonyl (C=O) groups is 2. The lowest BCUT2D eigenvalue weighted by atomic mass is 9.98. The molecule has 0 aromatic heterocycles. The molecule has 1 atom stereocenters. The standard InChI is InChI=1S/C18H19FN2O2/c1-13(14-5-7-15(19)8-6-14)11-17(22)16(12-20)18(23)21-9-3-2-4-10-21/h5-8,11,16H,2-4,9-10H2,1H3/b13-11+/t16-/m0/s1. The number of hydrogen-bond donors (Lipinski definition) is 0. The Morgan fingerprint density at radius 2 is 1.83 bits per heavy atom. The van der Waals surface area contributed by atoms with Crippen molar-refractivity contribution in [1.29, 1.82) is 5.26 Å². The molecule has 2 rings (SSSR count). The molecule has 4 nitrogen and oxygen atoms in total. The Labute approximate surface area is 135 Å². The third-order valence-electron chi connectivity index (χ3n) is 3.99. The van der Waals surface area contributed by atoms with Crippen LogP contribution in [0.15, 0.2) is 30.3 Å². The fraction of sp³-hybridized carbons (Fsp3) is 0.389. The Bertz CT molecular complexity index is 653. The van der Waals surface area contributed by atoms with E-state index in [4.69, 9.17) is 0 Å². The van der Waals surface area contributed by atoms with Crippen LogP contribution in [0.3, 0.4) is 0 Å². The number of hydrogen-bond acceptors (Lipinski definition) is 3. The molecule has 1 aromatic carbocycles. The van der Waals surface area contributed by atoms with Crippen molar-refractivity contribution >= 4 is 17.3 Å². The van der Waals surface area contributed by atoms with Crippen molar-refractivity contribution in [3.05, 3.63) is 41.7 Å². The van der Waals surface area contributed by atoms with E-state index >= 15 is 0 Å². The van der Waals surface area contributed by atoms with E-state index in [2.05, 4.69) is 0 Å². The van der Waals surface area contributed by atoms with Gasteiger partial charge in [-0.15, -0.1) is 0 Å². The van der Waals surface area contributed by atoms with Crippen LogP contribution in [0.4, 0.5) is 4.39 Å². The molecule has 120 valence electrons. The average Bonchev–Trinajstić information content (AvgIpc) is 2.56. The monoisotopic (exact) mass is 314 g/mol. The minimum Gasteiger partial charge on any atom is -0.341 e. The zero-order valence-corrected chi connectivity index (χ0v) is 13.1. The van der Waals surface area contributed by atoms with Gasteiger partial charge in [0.1, 0.15) is 5.82 Å². The van der Waals surface area contributed by atoms with Crippen LogP contribution < -0.4 is 0 Å².